The quantitative estimate of drug-likeness (QED) is 0.805. The van der Waals surface area contributed by atoms with Crippen LogP contribution in [0.3, 0.4) is 0 Å². The molecule has 1 saturated heterocycles. The van der Waals surface area contributed by atoms with Gasteiger partial charge in [0.05, 0.1) is 10.7 Å². The Balaban J connectivity index is 1.54. The third-order valence-corrected chi connectivity index (χ3v) is 6.52. The van der Waals surface area contributed by atoms with E-state index >= 15 is 0 Å². The highest BCUT2D eigenvalue weighted by atomic mass is 35.5. The number of hydrogen-bond donors (Lipinski definition) is 0. The molecule has 3 rings (SSSR count). The first-order chi connectivity index (χ1) is 10.5. The van der Waals surface area contributed by atoms with E-state index < -0.39 is 10.2 Å². The van der Waals surface area contributed by atoms with Gasteiger partial charge in [0.2, 0.25) is 0 Å². The van der Waals surface area contributed by atoms with E-state index in [1.807, 2.05) is 12.1 Å². The van der Waals surface area contributed by atoms with Crippen LogP contribution in [0.25, 0.3) is 0 Å². The molecule has 22 heavy (non-hydrogen) atoms. The molecule has 2 fully saturated rings. The van der Waals surface area contributed by atoms with E-state index in [-0.39, 0.29) is 6.04 Å². The molecule has 0 aromatic carbocycles. The molecule has 0 spiro atoms. The second-order valence-corrected chi connectivity index (χ2v) is 8.32. The van der Waals surface area contributed by atoms with Gasteiger partial charge in [-0.2, -0.15) is 17.0 Å². The molecule has 6 nitrogen and oxygen atoms in total. The molecule has 0 N–H and O–H groups in total. The van der Waals surface area contributed by atoms with Crippen molar-refractivity contribution >= 4 is 21.8 Å². The molecule has 1 aromatic heterocycles. The predicted octanol–water partition coefficient (Wildman–Crippen LogP) is 1.19. The highest BCUT2D eigenvalue weighted by Gasteiger charge is 2.38. The Bertz CT molecular complexity index is 610. The van der Waals surface area contributed by atoms with Crippen LogP contribution in [0.5, 0.6) is 0 Å². The van der Waals surface area contributed by atoms with Gasteiger partial charge >= 0.3 is 0 Å². The van der Waals surface area contributed by atoms with E-state index in [9.17, 15) is 8.42 Å². The molecule has 0 unspecified atom stereocenters. The van der Waals surface area contributed by atoms with Crippen molar-refractivity contribution in [2.75, 3.05) is 33.2 Å². The first kappa shape index (κ1) is 16.1. The summed E-state index contributed by atoms with van der Waals surface area (Å²) in [7, 11) is -1.60. The summed E-state index contributed by atoms with van der Waals surface area (Å²) in [4.78, 5) is 6.51. The van der Waals surface area contributed by atoms with Gasteiger partial charge < -0.3 is 0 Å². The smallest absolute Gasteiger partial charge is 0.282 e. The fourth-order valence-corrected chi connectivity index (χ4v) is 4.34. The molecule has 1 aliphatic heterocycles. The molecule has 1 saturated carbocycles. The van der Waals surface area contributed by atoms with E-state index in [4.69, 9.17) is 11.6 Å². The average molecular weight is 345 g/mol. The number of aromatic nitrogens is 1. The van der Waals surface area contributed by atoms with Gasteiger partial charge in [0, 0.05) is 52.0 Å². The Morgan fingerprint density at radius 3 is 2.50 bits per heavy atom. The summed E-state index contributed by atoms with van der Waals surface area (Å²) in [5.41, 5.74) is 0.954. The fraction of sp³-hybridized carbons (Fsp3) is 0.643. The second kappa shape index (κ2) is 6.41. The summed E-state index contributed by atoms with van der Waals surface area (Å²) < 4.78 is 28.1. The summed E-state index contributed by atoms with van der Waals surface area (Å²) in [6.07, 6.45) is 3.61. The number of nitrogens with zero attached hydrogens (tertiary/aromatic N) is 4. The minimum absolute atomic E-state index is 0.210. The largest absolute Gasteiger partial charge is 0.295 e. The lowest BCUT2D eigenvalue weighted by atomic mass is 10.3. The topological polar surface area (TPSA) is 56.8 Å². The van der Waals surface area contributed by atoms with Crippen LogP contribution >= 0.6 is 11.6 Å². The normalized spacial score (nSPS) is 21.4. The Labute approximate surface area is 136 Å². The fourth-order valence-electron chi connectivity index (χ4n) is 2.66. The highest BCUT2D eigenvalue weighted by molar-refractivity contribution is 7.86. The molecule has 122 valence electrons. The lowest BCUT2D eigenvalue weighted by Crippen LogP contribution is -2.52. The summed E-state index contributed by atoms with van der Waals surface area (Å²) in [6, 6.07) is 3.95. The number of pyridine rings is 1. The zero-order valence-electron chi connectivity index (χ0n) is 12.7. The molecule has 0 atom stereocenters. The van der Waals surface area contributed by atoms with Crippen molar-refractivity contribution in [1.82, 2.24) is 18.5 Å². The van der Waals surface area contributed by atoms with Gasteiger partial charge in [0.25, 0.3) is 10.2 Å². The van der Waals surface area contributed by atoms with Crippen molar-refractivity contribution in [3.63, 3.8) is 0 Å². The Morgan fingerprint density at radius 1 is 1.27 bits per heavy atom. The maximum atomic E-state index is 12.5. The SMILES string of the molecule is CN(C1CC1)S(=O)(=O)N1CCN(Cc2ccc(Cl)cn2)CC1. The van der Waals surface area contributed by atoms with Crippen molar-refractivity contribution in [3.05, 3.63) is 29.0 Å². The number of halogens is 1. The minimum atomic E-state index is -3.29. The Morgan fingerprint density at radius 2 is 1.95 bits per heavy atom. The first-order valence-electron chi connectivity index (χ1n) is 7.53. The van der Waals surface area contributed by atoms with Crippen LogP contribution in [0.1, 0.15) is 18.5 Å². The van der Waals surface area contributed by atoms with Gasteiger partial charge in [-0.05, 0) is 25.0 Å². The summed E-state index contributed by atoms with van der Waals surface area (Å²) >= 11 is 5.83. The van der Waals surface area contributed by atoms with E-state index in [1.54, 1.807) is 17.5 Å². The molecule has 8 heteroatoms. The van der Waals surface area contributed by atoms with Crippen LogP contribution in [0.4, 0.5) is 0 Å². The minimum Gasteiger partial charge on any atom is -0.295 e. The van der Waals surface area contributed by atoms with E-state index in [0.717, 1.165) is 38.2 Å². The molecule has 0 amide bonds. The Hall–Kier alpha value is -0.730. The third kappa shape index (κ3) is 3.60. The molecule has 2 heterocycles. The lowest BCUT2D eigenvalue weighted by molar-refractivity contribution is 0.174. The zero-order chi connectivity index (χ0) is 15.7. The highest BCUT2D eigenvalue weighted by Crippen LogP contribution is 2.29. The van der Waals surface area contributed by atoms with Gasteiger partial charge in [0.15, 0.2) is 0 Å². The molecule has 2 aliphatic rings. The molecular formula is C14H21ClN4O2S. The van der Waals surface area contributed by atoms with Crippen molar-refractivity contribution in [3.8, 4) is 0 Å². The van der Waals surface area contributed by atoms with Gasteiger partial charge in [-0.15, -0.1) is 0 Å². The van der Waals surface area contributed by atoms with E-state index in [2.05, 4.69) is 9.88 Å². The monoisotopic (exact) mass is 344 g/mol. The molecule has 1 aliphatic carbocycles. The van der Waals surface area contributed by atoms with Crippen molar-refractivity contribution in [2.45, 2.75) is 25.4 Å². The molecule has 0 bridgehead atoms. The number of rotatable bonds is 5. The van der Waals surface area contributed by atoms with Gasteiger partial charge in [-0.1, -0.05) is 11.6 Å². The van der Waals surface area contributed by atoms with Gasteiger partial charge in [0.1, 0.15) is 0 Å². The number of piperazine rings is 1. The van der Waals surface area contributed by atoms with E-state index in [1.165, 1.54) is 4.31 Å². The van der Waals surface area contributed by atoms with Crippen LogP contribution in [-0.2, 0) is 16.8 Å². The lowest BCUT2D eigenvalue weighted by Gasteiger charge is -2.35. The molecule has 1 aromatic rings. The molecule has 0 radical (unpaired) electrons. The van der Waals surface area contributed by atoms with Crippen molar-refractivity contribution in [2.24, 2.45) is 0 Å². The van der Waals surface area contributed by atoms with Gasteiger partial charge in [-0.25, -0.2) is 0 Å². The third-order valence-electron chi connectivity index (χ3n) is 4.26. The van der Waals surface area contributed by atoms with Crippen LogP contribution in [0.2, 0.25) is 5.02 Å². The Kier molecular flexibility index (Phi) is 4.70. The van der Waals surface area contributed by atoms with Crippen LogP contribution in [-0.4, -0.2) is 66.2 Å². The number of hydrogen-bond acceptors (Lipinski definition) is 4. The van der Waals surface area contributed by atoms with Crippen LogP contribution < -0.4 is 0 Å². The maximum absolute atomic E-state index is 12.5. The standard InChI is InChI=1S/C14H21ClN4O2S/c1-17(14-4-5-14)22(20,21)19-8-6-18(7-9-19)11-13-3-2-12(15)10-16-13/h2-3,10,14H,4-9,11H2,1H3. The zero-order valence-corrected chi connectivity index (χ0v) is 14.2. The van der Waals surface area contributed by atoms with Gasteiger partial charge in [-0.3, -0.25) is 9.88 Å². The van der Waals surface area contributed by atoms with E-state index in [0.29, 0.717) is 18.1 Å². The van der Waals surface area contributed by atoms with Crippen LogP contribution in [0, 0.1) is 0 Å². The molecular weight excluding hydrogens is 324 g/mol. The average Bonchev–Trinajstić information content (AvgIpc) is 3.34. The first-order valence-corrected chi connectivity index (χ1v) is 9.30. The van der Waals surface area contributed by atoms with Crippen LogP contribution in [0.15, 0.2) is 18.3 Å². The predicted molar refractivity (Wildman–Crippen MR) is 85.8 cm³/mol. The van der Waals surface area contributed by atoms with Crippen molar-refractivity contribution < 1.29 is 8.42 Å². The summed E-state index contributed by atoms with van der Waals surface area (Å²) in [5, 5.41) is 0.628. The summed E-state index contributed by atoms with van der Waals surface area (Å²) in [5.74, 6) is 0. The second-order valence-electron chi connectivity index (χ2n) is 5.90. The maximum Gasteiger partial charge on any atom is 0.282 e. The van der Waals surface area contributed by atoms with Crippen molar-refractivity contribution in [1.29, 1.82) is 0 Å². The summed E-state index contributed by atoms with van der Waals surface area (Å²) in [6.45, 7) is 3.24.